The Morgan fingerprint density at radius 3 is 2.68 bits per heavy atom. The van der Waals surface area contributed by atoms with E-state index in [0.29, 0.717) is 11.8 Å². The van der Waals surface area contributed by atoms with E-state index in [2.05, 4.69) is 40.0 Å². The van der Waals surface area contributed by atoms with Gasteiger partial charge in [-0.05, 0) is 54.5 Å². The lowest BCUT2D eigenvalue weighted by Crippen LogP contribution is -2.47. The summed E-state index contributed by atoms with van der Waals surface area (Å²) in [5.41, 5.74) is 3.76. The van der Waals surface area contributed by atoms with Crippen LogP contribution in [0.4, 0.5) is 0 Å². The van der Waals surface area contributed by atoms with E-state index in [1.807, 2.05) is 16.9 Å². The molecule has 0 aliphatic carbocycles. The molecule has 152 valence electrons. The number of aromatic nitrogens is 2. The van der Waals surface area contributed by atoms with Crippen LogP contribution in [0.3, 0.4) is 0 Å². The summed E-state index contributed by atoms with van der Waals surface area (Å²) in [5.74, 6) is 0.996. The molecule has 1 aromatic heterocycles. The van der Waals surface area contributed by atoms with Crippen molar-refractivity contribution in [2.24, 2.45) is 11.8 Å². The lowest BCUT2D eigenvalue weighted by molar-refractivity contribution is 0.0117. The topological polar surface area (TPSA) is 53.8 Å². The van der Waals surface area contributed by atoms with Crippen LogP contribution in [0.5, 0.6) is 0 Å². The summed E-state index contributed by atoms with van der Waals surface area (Å²) < 4.78 is 7.38. The van der Waals surface area contributed by atoms with Crippen LogP contribution in [0.2, 0.25) is 0 Å². The maximum absolute atomic E-state index is 9.83. The number of morpholine rings is 1. The van der Waals surface area contributed by atoms with Crippen LogP contribution in [0.1, 0.15) is 17.5 Å². The lowest BCUT2D eigenvalue weighted by Gasteiger charge is -2.40. The SMILES string of the molecule is Cc1cc(-n2cccn2)ccc1CN1C[C@H](CO)C[C@H](CN2CCOCC2)C1. The summed E-state index contributed by atoms with van der Waals surface area (Å²) >= 11 is 0. The number of piperidine rings is 1. The molecule has 2 atom stereocenters. The third-order valence-electron chi connectivity index (χ3n) is 6.07. The summed E-state index contributed by atoms with van der Waals surface area (Å²) in [6, 6.07) is 8.53. The molecule has 28 heavy (non-hydrogen) atoms. The van der Waals surface area contributed by atoms with E-state index in [-0.39, 0.29) is 6.61 Å². The highest BCUT2D eigenvalue weighted by Gasteiger charge is 2.28. The third-order valence-corrected chi connectivity index (χ3v) is 6.07. The average Bonchev–Trinajstić information content (AvgIpc) is 3.25. The molecule has 1 N–H and O–H groups in total. The smallest absolute Gasteiger partial charge is 0.0648 e. The maximum Gasteiger partial charge on any atom is 0.0648 e. The molecule has 2 aliphatic rings. The van der Waals surface area contributed by atoms with Gasteiger partial charge in [-0.1, -0.05) is 6.07 Å². The van der Waals surface area contributed by atoms with Crippen molar-refractivity contribution in [1.29, 1.82) is 0 Å². The number of rotatable bonds is 6. The number of ether oxygens (including phenoxy) is 1. The van der Waals surface area contributed by atoms with E-state index in [0.717, 1.165) is 64.6 Å². The lowest BCUT2D eigenvalue weighted by atomic mass is 9.88. The maximum atomic E-state index is 9.83. The Balaban J connectivity index is 1.41. The zero-order chi connectivity index (χ0) is 19.3. The van der Waals surface area contributed by atoms with Gasteiger partial charge in [0.05, 0.1) is 18.9 Å². The number of aliphatic hydroxyl groups is 1. The molecule has 2 aliphatic heterocycles. The van der Waals surface area contributed by atoms with E-state index in [4.69, 9.17) is 4.74 Å². The van der Waals surface area contributed by atoms with Crippen molar-refractivity contribution < 1.29 is 9.84 Å². The first-order valence-electron chi connectivity index (χ1n) is 10.4. The van der Waals surface area contributed by atoms with Gasteiger partial charge >= 0.3 is 0 Å². The average molecular weight is 385 g/mol. The third kappa shape index (κ3) is 4.81. The number of benzene rings is 1. The molecular weight excluding hydrogens is 352 g/mol. The van der Waals surface area contributed by atoms with E-state index in [1.165, 1.54) is 11.1 Å². The first-order valence-corrected chi connectivity index (χ1v) is 10.4. The van der Waals surface area contributed by atoms with Crippen LogP contribution < -0.4 is 0 Å². The van der Waals surface area contributed by atoms with Gasteiger partial charge in [-0.3, -0.25) is 9.80 Å². The van der Waals surface area contributed by atoms with Crippen LogP contribution in [0, 0.1) is 18.8 Å². The van der Waals surface area contributed by atoms with Crippen molar-refractivity contribution in [1.82, 2.24) is 19.6 Å². The molecule has 0 saturated carbocycles. The largest absolute Gasteiger partial charge is 0.396 e. The fourth-order valence-electron chi connectivity index (χ4n) is 4.63. The zero-order valence-electron chi connectivity index (χ0n) is 16.8. The van der Waals surface area contributed by atoms with Gasteiger partial charge in [0, 0.05) is 58.3 Å². The van der Waals surface area contributed by atoms with E-state index in [1.54, 1.807) is 6.20 Å². The molecule has 0 spiro atoms. The summed E-state index contributed by atoms with van der Waals surface area (Å²) in [6.07, 6.45) is 4.91. The molecule has 4 rings (SSSR count). The minimum Gasteiger partial charge on any atom is -0.396 e. The first-order chi connectivity index (χ1) is 13.7. The van der Waals surface area contributed by atoms with E-state index >= 15 is 0 Å². The van der Waals surface area contributed by atoms with Crippen LogP contribution in [0.15, 0.2) is 36.7 Å². The van der Waals surface area contributed by atoms with Gasteiger partial charge < -0.3 is 9.84 Å². The molecule has 3 heterocycles. The Labute approximate surface area is 167 Å². The Morgan fingerprint density at radius 1 is 1.14 bits per heavy atom. The predicted octanol–water partition coefficient (Wildman–Crippen LogP) is 1.94. The highest BCUT2D eigenvalue weighted by atomic mass is 16.5. The minimum atomic E-state index is 0.285. The molecule has 6 nitrogen and oxygen atoms in total. The molecule has 2 fully saturated rings. The van der Waals surface area contributed by atoms with Gasteiger partial charge in [0.25, 0.3) is 0 Å². The number of hydrogen-bond donors (Lipinski definition) is 1. The highest BCUT2D eigenvalue weighted by molar-refractivity contribution is 5.39. The number of aryl methyl sites for hydroxylation is 1. The zero-order valence-corrected chi connectivity index (χ0v) is 16.8. The normalized spacial score (nSPS) is 24.5. The molecule has 1 aromatic carbocycles. The van der Waals surface area contributed by atoms with Crippen LogP contribution in [-0.4, -0.2) is 77.2 Å². The fraction of sp³-hybridized carbons (Fsp3) is 0.591. The number of likely N-dealkylation sites (tertiary alicyclic amines) is 1. The first kappa shape index (κ1) is 19.6. The summed E-state index contributed by atoms with van der Waals surface area (Å²) in [6.45, 7) is 10.4. The quantitative estimate of drug-likeness (QED) is 0.825. The molecule has 0 radical (unpaired) electrons. The summed E-state index contributed by atoms with van der Waals surface area (Å²) in [5, 5.41) is 14.1. The van der Waals surface area contributed by atoms with Gasteiger partial charge in [-0.2, -0.15) is 5.10 Å². The Kier molecular flexibility index (Phi) is 6.42. The molecule has 0 amide bonds. The second-order valence-corrected chi connectivity index (χ2v) is 8.32. The Morgan fingerprint density at radius 2 is 1.96 bits per heavy atom. The van der Waals surface area contributed by atoms with Crippen molar-refractivity contribution >= 4 is 0 Å². The number of nitrogens with zero attached hydrogens (tertiary/aromatic N) is 4. The minimum absolute atomic E-state index is 0.285. The van der Waals surface area contributed by atoms with E-state index < -0.39 is 0 Å². The van der Waals surface area contributed by atoms with Crippen LogP contribution >= 0.6 is 0 Å². The summed E-state index contributed by atoms with van der Waals surface area (Å²) in [4.78, 5) is 5.06. The highest BCUT2D eigenvalue weighted by Crippen LogP contribution is 2.25. The van der Waals surface area contributed by atoms with Gasteiger partial charge in [-0.25, -0.2) is 4.68 Å². The van der Waals surface area contributed by atoms with Crippen molar-refractivity contribution in [3.63, 3.8) is 0 Å². The second-order valence-electron chi connectivity index (χ2n) is 8.32. The van der Waals surface area contributed by atoms with Gasteiger partial charge in [0.2, 0.25) is 0 Å². The standard InChI is InChI=1S/C22H32N4O2/c1-18-11-22(26-6-2-5-23-26)4-3-21(18)16-25-14-19(12-20(15-25)17-27)13-24-7-9-28-10-8-24/h2-6,11,19-20,27H,7-10,12-17H2,1H3/t19-,20-/m1/s1. The van der Waals surface area contributed by atoms with Crippen molar-refractivity contribution in [3.05, 3.63) is 47.8 Å². The Hall–Kier alpha value is -1.73. The predicted molar refractivity (Wildman–Crippen MR) is 110 cm³/mol. The number of hydrogen-bond acceptors (Lipinski definition) is 5. The van der Waals surface area contributed by atoms with Crippen molar-refractivity contribution in [3.8, 4) is 5.69 Å². The fourth-order valence-corrected chi connectivity index (χ4v) is 4.63. The molecule has 2 saturated heterocycles. The molecular formula is C22H32N4O2. The van der Waals surface area contributed by atoms with Gasteiger partial charge in [0.15, 0.2) is 0 Å². The molecule has 0 unspecified atom stereocenters. The number of aliphatic hydroxyl groups excluding tert-OH is 1. The van der Waals surface area contributed by atoms with Crippen molar-refractivity contribution in [2.45, 2.75) is 19.9 Å². The molecule has 6 heteroatoms. The second kappa shape index (κ2) is 9.18. The van der Waals surface area contributed by atoms with Crippen molar-refractivity contribution in [2.75, 3.05) is 52.5 Å². The van der Waals surface area contributed by atoms with Gasteiger partial charge in [0.1, 0.15) is 0 Å². The van der Waals surface area contributed by atoms with Crippen LogP contribution in [0.25, 0.3) is 5.69 Å². The monoisotopic (exact) mass is 384 g/mol. The summed E-state index contributed by atoms with van der Waals surface area (Å²) in [7, 11) is 0. The Bertz CT molecular complexity index is 743. The molecule has 0 bridgehead atoms. The van der Waals surface area contributed by atoms with Gasteiger partial charge in [-0.15, -0.1) is 0 Å². The van der Waals surface area contributed by atoms with E-state index in [9.17, 15) is 5.11 Å². The molecule has 2 aromatic rings. The van der Waals surface area contributed by atoms with Crippen LogP contribution in [-0.2, 0) is 11.3 Å².